The van der Waals surface area contributed by atoms with E-state index in [1.54, 1.807) is 24.3 Å². The van der Waals surface area contributed by atoms with Crippen molar-refractivity contribution in [3.8, 4) is 5.75 Å². The molecule has 2 amide bonds. The molecular weight excluding hydrogens is 452 g/mol. The number of aromatic amines is 1. The standard InChI is InChI=1S/C22H21ClN4O4S/c1-13(28)24-16-6-7-19(31-2)18(9-16)26-20(29)10-17-11-21(30)27-22(25-17)32-12-14-4-3-5-15(23)8-14/h3-9,11H,10,12H2,1-2H3,(H,24,28)(H,26,29)(H,25,27,30). The molecule has 0 unspecified atom stereocenters. The molecule has 0 saturated carbocycles. The lowest BCUT2D eigenvalue weighted by Crippen LogP contribution is -2.19. The van der Waals surface area contributed by atoms with Crippen molar-refractivity contribution in [2.75, 3.05) is 17.7 Å². The summed E-state index contributed by atoms with van der Waals surface area (Å²) in [7, 11) is 1.48. The minimum atomic E-state index is -0.382. The van der Waals surface area contributed by atoms with Crippen molar-refractivity contribution >= 4 is 46.6 Å². The first-order chi connectivity index (χ1) is 15.3. The summed E-state index contributed by atoms with van der Waals surface area (Å²) in [6.45, 7) is 1.39. The zero-order valence-corrected chi connectivity index (χ0v) is 19.0. The number of benzene rings is 2. The molecule has 0 atom stereocenters. The molecule has 3 rings (SSSR count). The molecule has 8 nitrogen and oxygen atoms in total. The van der Waals surface area contributed by atoms with E-state index in [1.165, 1.54) is 31.9 Å². The van der Waals surface area contributed by atoms with Gasteiger partial charge in [-0.15, -0.1) is 0 Å². The highest BCUT2D eigenvalue weighted by atomic mass is 35.5. The average molecular weight is 473 g/mol. The highest BCUT2D eigenvalue weighted by Crippen LogP contribution is 2.28. The van der Waals surface area contributed by atoms with E-state index in [2.05, 4.69) is 20.6 Å². The van der Waals surface area contributed by atoms with Crippen LogP contribution in [0.5, 0.6) is 5.75 Å². The first-order valence-corrected chi connectivity index (χ1v) is 10.9. The topological polar surface area (TPSA) is 113 Å². The summed E-state index contributed by atoms with van der Waals surface area (Å²) in [6, 6.07) is 13.6. The molecule has 0 aliphatic heterocycles. The smallest absolute Gasteiger partial charge is 0.251 e. The summed E-state index contributed by atoms with van der Waals surface area (Å²) in [6.07, 6.45) is -0.109. The maximum atomic E-state index is 12.6. The Bertz CT molecular complexity index is 1200. The summed E-state index contributed by atoms with van der Waals surface area (Å²) in [5.41, 5.74) is 1.88. The molecule has 0 bridgehead atoms. The molecule has 1 aromatic heterocycles. The average Bonchev–Trinajstić information content (AvgIpc) is 2.71. The van der Waals surface area contributed by atoms with Crippen LogP contribution in [0.4, 0.5) is 11.4 Å². The van der Waals surface area contributed by atoms with Gasteiger partial charge in [0.15, 0.2) is 5.16 Å². The van der Waals surface area contributed by atoms with E-state index in [0.717, 1.165) is 5.56 Å². The molecule has 0 radical (unpaired) electrons. The Kier molecular flexibility index (Phi) is 7.91. The van der Waals surface area contributed by atoms with E-state index in [4.69, 9.17) is 16.3 Å². The number of aromatic nitrogens is 2. The summed E-state index contributed by atoms with van der Waals surface area (Å²) in [5.74, 6) is 0.381. The van der Waals surface area contributed by atoms with Crippen LogP contribution < -0.4 is 20.9 Å². The number of H-pyrrole nitrogens is 1. The molecule has 10 heteroatoms. The zero-order chi connectivity index (χ0) is 23.1. The third kappa shape index (κ3) is 6.86. The van der Waals surface area contributed by atoms with E-state index in [1.807, 2.05) is 18.2 Å². The Morgan fingerprint density at radius 3 is 2.69 bits per heavy atom. The third-order valence-corrected chi connectivity index (χ3v) is 5.35. The van der Waals surface area contributed by atoms with Gasteiger partial charge in [0.25, 0.3) is 5.56 Å². The monoisotopic (exact) mass is 472 g/mol. The maximum absolute atomic E-state index is 12.6. The SMILES string of the molecule is COc1ccc(NC(C)=O)cc1NC(=O)Cc1cc(=O)[nH]c(SCc2cccc(Cl)c2)n1. The molecule has 0 aliphatic carbocycles. The number of methoxy groups -OCH3 is 1. The largest absolute Gasteiger partial charge is 0.495 e. The Labute approximate surface area is 193 Å². The number of thioether (sulfide) groups is 1. The number of nitrogens with one attached hydrogen (secondary N) is 3. The van der Waals surface area contributed by atoms with Crippen LogP contribution in [-0.4, -0.2) is 28.9 Å². The molecule has 166 valence electrons. The molecule has 32 heavy (non-hydrogen) atoms. The van der Waals surface area contributed by atoms with Crippen LogP contribution >= 0.6 is 23.4 Å². The van der Waals surface area contributed by atoms with Gasteiger partial charge in [-0.05, 0) is 35.9 Å². The molecule has 0 spiro atoms. The second-order valence-electron chi connectivity index (χ2n) is 6.78. The first kappa shape index (κ1) is 23.4. The number of carbonyl (C=O) groups excluding carboxylic acids is 2. The van der Waals surface area contributed by atoms with Crippen molar-refractivity contribution in [2.24, 2.45) is 0 Å². The van der Waals surface area contributed by atoms with Gasteiger partial charge < -0.3 is 20.4 Å². The summed E-state index contributed by atoms with van der Waals surface area (Å²) >= 11 is 7.34. The molecule has 2 aromatic carbocycles. The fourth-order valence-corrected chi connectivity index (χ4v) is 3.92. The molecule has 0 aliphatic rings. The highest BCUT2D eigenvalue weighted by molar-refractivity contribution is 7.98. The van der Waals surface area contributed by atoms with Gasteiger partial charge >= 0.3 is 0 Å². The van der Waals surface area contributed by atoms with Crippen molar-refractivity contribution in [1.82, 2.24) is 9.97 Å². The Hall–Kier alpha value is -3.30. The fourth-order valence-electron chi connectivity index (χ4n) is 2.87. The van der Waals surface area contributed by atoms with Crippen molar-refractivity contribution in [3.05, 3.63) is 75.2 Å². The van der Waals surface area contributed by atoms with Crippen LogP contribution in [-0.2, 0) is 21.8 Å². The van der Waals surface area contributed by atoms with Gasteiger partial charge in [0, 0.05) is 29.5 Å². The number of halogens is 1. The fraction of sp³-hybridized carbons (Fsp3) is 0.182. The lowest BCUT2D eigenvalue weighted by molar-refractivity contribution is -0.116. The predicted molar refractivity (Wildman–Crippen MR) is 126 cm³/mol. The van der Waals surface area contributed by atoms with Crippen molar-refractivity contribution in [2.45, 2.75) is 24.3 Å². The second-order valence-corrected chi connectivity index (χ2v) is 8.18. The van der Waals surface area contributed by atoms with Gasteiger partial charge in [-0.2, -0.15) is 0 Å². The van der Waals surface area contributed by atoms with Gasteiger partial charge in [0.05, 0.1) is 24.9 Å². The molecule has 1 heterocycles. The number of hydrogen-bond donors (Lipinski definition) is 3. The quantitative estimate of drug-likeness (QED) is 0.339. The minimum Gasteiger partial charge on any atom is -0.495 e. The molecule has 0 fully saturated rings. The molecule has 3 N–H and O–H groups in total. The van der Waals surface area contributed by atoms with Crippen molar-refractivity contribution in [1.29, 1.82) is 0 Å². The van der Waals surface area contributed by atoms with E-state index < -0.39 is 0 Å². The zero-order valence-electron chi connectivity index (χ0n) is 17.4. The lowest BCUT2D eigenvalue weighted by Gasteiger charge is -2.12. The van der Waals surface area contributed by atoms with E-state index in [9.17, 15) is 14.4 Å². The number of nitrogens with zero attached hydrogens (tertiary/aromatic N) is 1. The lowest BCUT2D eigenvalue weighted by atomic mass is 10.2. The van der Waals surface area contributed by atoms with Crippen molar-refractivity contribution < 1.29 is 14.3 Å². The van der Waals surface area contributed by atoms with Crippen molar-refractivity contribution in [3.63, 3.8) is 0 Å². The minimum absolute atomic E-state index is 0.109. The number of rotatable bonds is 8. The van der Waals surface area contributed by atoms with Crippen LogP contribution in [0.25, 0.3) is 0 Å². The van der Waals surface area contributed by atoms with E-state index in [-0.39, 0.29) is 23.8 Å². The van der Waals surface area contributed by atoms with Gasteiger partial charge in [-0.25, -0.2) is 4.98 Å². The van der Waals surface area contributed by atoms with Crippen LogP contribution in [0, 0.1) is 0 Å². The second kappa shape index (κ2) is 10.8. The summed E-state index contributed by atoms with van der Waals surface area (Å²) in [4.78, 5) is 43.0. The number of carbonyl (C=O) groups is 2. The molecular formula is C22H21ClN4O4S. The number of hydrogen-bond acceptors (Lipinski definition) is 6. The predicted octanol–water partition coefficient (Wildman–Crippen LogP) is 3.86. The van der Waals surface area contributed by atoms with Crippen LogP contribution in [0.1, 0.15) is 18.2 Å². The maximum Gasteiger partial charge on any atom is 0.251 e. The van der Waals surface area contributed by atoms with Gasteiger partial charge in [0.1, 0.15) is 5.75 Å². The normalized spacial score (nSPS) is 10.5. The van der Waals surface area contributed by atoms with Crippen LogP contribution in [0.15, 0.2) is 58.5 Å². The number of anilines is 2. The first-order valence-electron chi connectivity index (χ1n) is 9.55. The highest BCUT2D eigenvalue weighted by Gasteiger charge is 2.12. The van der Waals surface area contributed by atoms with Gasteiger partial charge in [0.2, 0.25) is 11.8 Å². The summed E-state index contributed by atoms with van der Waals surface area (Å²) < 4.78 is 5.27. The number of ether oxygens (including phenoxy) is 1. The van der Waals surface area contributed by atoms with Crippen LogP contribution in [0.3, 0.4) is 0 Å². The Balaban J connectivity index is 1.70. The van der Waals surface area contributed by atoms with E-state index in [0.29, 0.717) is 38.8 Å². The van der Waals surface area contributed by atoms with Gasteiger partial charge in [-0.3, -0.25) is 14.4 Å². The van der Waals surface area contributed by atoms with E-state index >= 15 is 0 Å². The Morgan fingerprint density at radius 1 is 1.16 bits per heavy atom. The Morgan fingerprint density at radius 2 is 1.97 bits per heavy atom. The summed E-state index contributed by atoms with van der Waals surface area (Å²) in [5, 5.41) is 6.43. The van der Waals surface area contributed by atoms with Gasteiger partial charge in [-0.1, -0.05) is 35.5 Å². The molecule has 0 saturated heterocycles. The third-order valence-electron chi connectivity index (χ3n) is 4.17. The number of amides is 2. The van der Waals surface area contributed by atoms with Crippen LogP contribution in [0.2, 0.25) is 5.02 Å². The molecule has 3 aromatic rings.